The van der Waals surface area contributed by atoms with Gasteiger partial charge >= 0.3 is 6.61 Å². The quantitative estimate of drug-likeness (QED) is 0.750. The lowest BCUT2D eigenvalue weighted by Gasteiger charge is -2.31. The number of alkyl halides is 2. The highest BCUT2D eigenvalue weighted by molar-refractivity contribution is 6.30. The number of amides is 2. The van der Waals surface area contributed by atoms with Gasteiger partial charge in [0.2, 0.25) is 11.8 Å². The maximum Gasteiger partial charge on any atom is 0.387 e. The summed E-state index contributed by atoms with van der Waals surface area (Å²) in [6, 6.07) is 8.43. The Labute approximate surface area is 176 Å². The lowest BCUT2D eigenvalue weighted by Crippen LogP contribution is -2.43. The average molecular weight is 440 g/mol. The second-order valence-electron chi connectivity index (χ2n) is 6.86. The third-order valence-corrected chi connectivity index (χ3v) is 5.04. The van der Waals surface area contributed by atoms with Crippen molar-refractivity contribution < 1.29 is 23.1 Å². The summed E-state index contributed by atoms with van der Waals surface area (Å²) in [6.07, 6.45) is 2.38. The van der Waals surface area contributed by atoms with Gasteiger partial charge in [-0.2, -0.15) is 8.78 Å². The third kappa shape index (κ3) is 5.79. The summed E-state index contributed by atoms with van der Waals surface area (Å²) in [6.45, 7) is -2.22. The molecule has 0 spiro atoms. The van der Waals surface area contributed by atoms with Crippen molar-refractivity contribution in [1.82, 2.24) is 9.47 Å². The standard InChI is InChI=1S/C20H20ClF2N3O4/c21-14-1-6-17(27)26(11-14)12-18(28)25-9-7-13(8-10-25)19(29)24-15-2-4-16(5-3-15)30-20(22)23/h1-6,11,13,20H,7-10,12H2,(H,24,29). The second-order valence-corrected chi connectivity index (χ2v) is 7.30. The normalized spacial score (nSPS) is 14.6. The Hall–Kier alpha value is -2.94. The monoisotopic (exact) mass is 439 g/mol. The molecule has 1 aromatic heterocycles. The molecule has 1 N–H and O–H groups in total. The number of hydrogen-bond donors (Lipinski definition) is 1. The number of likely N-dealkylation sites (tertiary alicyclic amines) is 1. The highest BCUT2D eigenvalue weighted by Gasteiger charge is 2.27. The van der Waals surface area contributed by atoms with E-state index in [2.05, 4.69) is 10.1 Å². The second kappa shape index (κ2) is 9.71. The summed E-state index contributed by atoms with van der Waals surface area (Å²) in [4.78, 5) is 38.4. The number of nitrogens with one attached hydrogen (secondary N) is 1. The maximum absolute atomic E-state index is 12.5. The van der Waals surface area contributed by atoms with Gasteiger partial charge in [0.15, 0.2) is 0 Å². The fourth-order valence-electron chi connectivity index (χ4n) is 3.23. The predicted molar refractivity (Wildman–Crippen MR) is 107 cm³/mol. The van der Waals surface area contributed by atoms with Crippen LogP contribution in [0.3, 0.4) is 0 Å². The van der Waals surface area contributed by atoms with Gasteiger partial charge in [0.25, 0.3) is 5.56 Å². The number of pyridine rings is 1. The molecular formula is C20H20ClF2N3O4. The molecule has 0 saturated carbocycles. The molecule has 10 heteroatoms. The van der Waals surface area contributed by atoms with Crippen LogP contribution in [0, 0.1) is 5.92 Å². The third-order valence-electron chi connectivity index (χ3n) is 4.82. The smallest absolute Gasteiger partial charge is 0.387 e. The number of halogens is 3. The SMILES string of the molecule is O=C(Nc1ccc(OC(F)F)cc1)C1CCN(C(=O)Cn2cc(Cl)ccc2=O)CC1. The molecule has 0 aliphatic carbocycles. The Morgan fingerprint density at radius 3 is 2.43 bits per heavy atom. The van der Waals surface area contributed by atoms with Crippen LogP contribution >= 0.6 is 11.6 Å². The van der Waals surface area contributed by atoms with Gasteiger partial charge in [0.1, 0.15) is 12.3 Å². The molecule has 7 nitrogen and oxygen atoms in total. The van der Waals surface area contributed by atoms with Crippen molar-refractivity contribution in [2.45, 2.75) is 26.0 Å². The number of carbonyl (C=O) groups excluding carboxylic acids is 2. The zero-order valence-corrected chi connectivity index (χ0v) is 16.6. The number of hydrogen-bond acceptors (Lipinski definition) is 4. The number of nitrogens with zero attached hydrogens (tertiary/aromatic N) is 2. The van der Waals surface area contributed by atoms with Crippen molar-refractivity contribution in [3.05, 3.63) is 58.0 Å². The Morgan fingerprint density at radius 2 is 1.80 bits per heavy atom. The molecule has 2 aromatic rings. The van der Waals surface area contributed by atoms with Crippen LogP contribution in [0.15, 0.2) is 47.4 Å². The van der Waals surface area contributed by atoms with E-state index in [1.54, 1.807) is 4.90 Å². The van der Waals surface area contributed by atoms with Gasteiger partial charge in [-0.25, -0.2) is 0 Å². The minimum Gasteiger partial charge on any atom is -0.435 e. The molecule has 3 rings (SSSR count). The molecule has 0 bridgehead atoms. The fourth-order valence-corrected chi connectivity index (χ4v) is 3.41. The van der Waals surface area contributed by atoms with E-state index in [1.165, 1.54) is 47.2 Å². The number of rotatable bonds is 6. The first-order valence-electron chi connectivity index (χ1n) is 9.31. The summed E-state index contributed by atoms with van der Waals surface area (Å²) in [5, 5.41) is 3.11. The Kier molecular flexibility index (Phi) is 7.04. The van der Waals surface area contributed by atoms with E-state index >= 15 is 0 Å². The van der Waals surface area contributed by atoms with Crippen LogP contribution in [0.4, 0.5) is 14.5 Å². The predicted octanol–water partition coefficient (Wildman–Crippen LogP) is 2.98. The van der Waals surface area contributed by atoms with Crippen molar-refractivity contribution in [2.24, 2.45) is 5.92 Å². The van der Waals surface area contributed by atoms with Gasteiger partial charge in [-0.1, -0.05) is 11.6 Å². The number of aromatic nitrogens is 1. The van der Waals surface area contributed by atoms with Crippen molar-refractivity contribution in [3.8, 4) is 5.75 Å². The number of piperidine rings is 1. The molecule has 0 unspecified atom stereocenters. The summed E-state index contributed by atoms with van der Waals surface area (Å²) < 4.78 is 29.9. The van der Waals surface area contributed by atoms with Crippen LogP contribution in [0.5, 0.6) is 5.75 Å². The highest BCUT2D eigenvalue weighted by Crippen LogP contribution is 2.22. The van der Waals surface area contributed by atoms with E-state index in [0.717, 1.165) is 0 Å². The van der Waals surface area contributed by atoms with E-state index in [0.29, 0.717) is 36.6 Å². The molecule has 0 radical (unpaired) electrons. The minimum absolute atomic E-state index is 0.00799. The summed E-state index contributed by atoms with van der Waals surface area (Å²) in [7, 11) is 0. The molecule has 160 valence electrons. The molecule has 1 aromatic carbocycles. The lowest BCUT2D eigenvalue weighted by atomic mass is 9.95. The molecule has 2 heterocycles. The van der Waals surface area contributed by atoms with E-state index in [4.69, 9.17) is 11.6 Å². The van der Waals surface area contributed by atoms with Gasteiger partial charge in [-0.3, -0.25) is 14.4 Å². The Balaban J connectivity index is 1.49. The summed E-state index contributed by atoms with van der Waals surface area (Å²) >= 11 is 5.87. The largest absolute Gasteiger partial charge is 0.435 e. The molecule has 1 fully saturated rings. The topological polar surface area (TPSA) is 80.6 Å². The minimum atomic E-state index is -2.91. The molecule has 1 aliphatic rings. The first kappa shape index (κ1) is 21.8. The van der Waals surface area contributed by atoms with E-state index in [-0.39, 0.29) is 35.6 Å². The van der Waals surface area contributed by atoms with Gasteiger partial charge in [-0.15, -0.1) is 0 Å². The molecular weight excluding hydrogens is 420 g/mol. The van der Waals surface area contributed by atoms with Crippen LogP contribution in [-0.2, 0) is 16.1 Å². The molecule has 30 heavy (non-hydrogen) atoms. The Morgan fingerprint density at radius 1 is 1.13 bits per heavy atom. The van der Waals surface area contributed by atoms with E-state index < -0.39 is 6.61 Å². The number of ether oxygens (including phenoxy) is 1. The van der Waals surface area contributed by atoms with Crippen molar-refractivity contribution in [3.63, 3.8) is 0 Å². The summed E-state index contributed by atoms with van der Waals surface area (Å²) in [5.41, 5.74) is 0.160. The molecule has 1 aliphatic heterocycles. The van der Waals surface area contributed by atoms with Crippen LogP contribution < -0.4 is 15.6 Å². The lowest BCUT2D eigenvalue weighted by molar-refractivity contribution is -0.135. The van der Waals surface area contributed by atoms with Gasteiger partial charge in [0.05, 0.1) is 5.02 Å². The number of benzene rings is 1. The average Bonchev–Trinajstić information content (AvgIpc) is 2.72. The van der Waals surface area contributed by atoms with E-state index in [9.17, 15) is 23.2 Å². The van der Waals surface area contributed by atoms with Gasteiger partial charge in [0, 0.05) is 37.0 Å². The Bertz CT molecular complexity index is 957. The van der Waals surface area contributed by atoms with Crippen molar-refractivity contribution in [2.75, 3.05) is 18.4 Å². The van der Waals surface area contributed by atoms with Crippen LogP contribution in [0.1, 0.15) is 12.8 Å². The number of carbonyl (C=O) groups is 2. The summed E-state index contributed by atoms with van der Waals surface area (Å²) in [5.74, 6) is -0.683. The van der Waals surface area contributed by atoms with Gasteiger partial charge in [-0.05, 0) is 43.2 Å². The highest BCUT2D eigenvalue weighted by atomic mass is 35.5. The zero-order valence-electron chi connectivity index (χ0n) is 15.9. The van der Waals surface area contributed by atoms with E-state index in [1.807, 2.05) is 0 Å². The molecule has 0 atom stereocenters. The molecule has 1 saturated heterocycles. The fraction of sp³-hybridized carbons (Fsp3) is 0.350. The first-order valence-corrected chi connectivity index (χ1v) is 9.69. The van der Waals surface area contributed by atoms with Crippen molar-refractivity contribution in [1.29, 1.82) is 0 Å². The van der Waals surface area contributed by atoms with Crippen LogP contribution in [0.2, 0.25) is 5.02 Å². The van der Waals surface area contributed by atoms with Crippen LogP contribution in [0.25, 0.3) is 0 Å². The van der Waals surface area contributed by atoms with Crippen molar-refractivity contribution >= 4 is 29.1 Å². The van der Waals surface area contributed by atoms with Gasteiger partial charge < -0.3 is 19.5 Å². The maximum atomic E-state index is 12.5. The molecule has 2 amide bonds. The van der Waals surface area contributed by atoms with Crippen LogP contribution in [-0.4, -0.2) is 41.0 Å². The zero-order chi connectivity index (χ0) is 21.7. The number of anilines is 1. The first-order chi connectivity index (χ1) is 14.3.